The summed E-state index contributed by atoms with van der Waals surface area (Å²) < 4.78 is 11.1. The Morgan fingerprint density at radius 2 is 1.55 bits per heavy atom. The number of ether oxygens (including phenoxy) is 2. The molecule has 0 aliphatic carbocycles. The number of para-hydroxylation sites is 1. The summed E-state index contributed by atoms with van der Waals surface area (Å²) in [5.74, 6) is -1.52. The van der Waals surface area contributed by atoms with E-state index in [1.165, 1.54) is 0 Å². The molecule has 3 N–H and O–H groups in total. The molecule has 3 unspecified atom stereocenters. The lowest BCUT2D eigenvalue weighted by molar-refractivity contribution is -0.155. The predicted octanol–water partition coefficient (Wildman–Crippen LogP) is 6.22. The third-order valence-corrected chi connectivity index (χ3v) is 8.71. The zero-order chi connectivity index (χ0) is 35.2. The Kier molecular flexibility index (Phi) is 10.8. The number of piperidine rings is 1. The molecule has 49 heavy (non-hydrogen) atoms. The standard InChI is InChI=1S/C39H46N4O6/c1-38(2,3)49-37(47)42-39(4,5)36(46)41-32(22-29-24-40-31-19-13-12-18-30(29)31)34(44)43-21-20-28(23-33(43)27-16-10-7-11-17-27)35(45)48-25-26-14-8-6-9-15-26/h6-19,24,28,32-33,40H,20-23,25H2,1-5H3,(H,41,46)(H,42,47). The highest BCUT2D eigenvalue weighted by Gasteiger charge is 2.41. The summed E-state index contributed by atoms with van der Waals surface area (Å²) >= 11 is 0. The smallest absolute Gasteiger partial charge is 0.408 e. The number of carbonyl (C=O) groups excluding carboxylic acids is 4. The summed E-state index contributed by atoms with van der Waals surface area (Å²) in [6, 6.07) is 25.5. The Morgan fingerprint density at radius 1 is 0.898 bits per heavy atom. The first kappa shape index (κ1) is 35.2. The van der Waals surface area contributed by atoms with E-state index in [-0.39, 0.29) is 24.9 Å². The van der Waals surface area contributed by atoms with E-state index in [1.807, 2.05) is 91.1 Å². The normalized spacial score (nSPS) is 17.2. The predicted molar refractivity (Wildman–Crippen MR) is 187 cm³/mol. The highest BCUT2D eigenvalue weighted by atomic mass is 16.6. The lowest BCUT2D eigenvalue weighted by Gasteiger charge is -2.41. The highest BCUT2D eigenvalue weighted by Crippen LogP contribution is 2.36. The molecule has 1 saturated heterocycles. The number of benzene rings is 3. The molecule has 3 aromatic carbocycles. The van der Waals surface area contributed by atoms with Crippen molar-refractivity contribution in [3.05, 3.63) is 108 Å². The van der Waals surface area contributed by atoms with Gasteiger partial charge in [-0.1, -0.05) is 78.9 Å². The van der Waals surface area contributed by atoms with Gasteiger partial charge in [-0.05, 0) is 70.2 Å². The van der Waals surface area contributed by atoms with Crippen LogP contribution in [0.5, 0.6) is 0 Å². The largest absolute Gasteiger partial charge is 0.461 e. The molecule has 10 nitrogen and oxygen atoms in total. The van der Waals surface area contributed by atoms with Crippen molar-refractivity contribution in [1.82, 2.24) is 20.5 Å². The van der Waals surface area contributed by atoms with Crippen LogP contribution in [0.1, 0.15) is 70.2 Å². The van der Waals surface area contributed by atoms with Gasteiger partial charge in [0.05, 0.1) is 12.0 Å². The molecule has 2 heterocycles. The van der Waals surface area contributed by atoms with Gasteiger partial charge in [-0.3, -0.25) is 14.4 Å². The van der Waals surface area contributed by atoms with Gasteiger partial charge in [0, 0.05) is 30.1 Å². The number of nitrogens with one attached hydrogen (secondary N) is 3. The van der Waals surface area contributed by atoms with Gasteiger partial charge in [0.25, 0.3) is 0 Å². The van der Waals surface area contributed by atoms with Gasteiger partial charge >= 0.3 is 12.1 Å². The summed E-state index contributed by atoms with van der Waals surface area (Å²) in [6.07, 6.45) is 2.12. The molecular formula is C39H46N4O6. The highest BCUT2D eigenvalue weighted by molar-refractivity contribution is 5.94. The molecular weight excluding hydrogens is 620 g/mol. The van der Waals surface area contributed by atoms with Crippen LogP contribution in [-0.2, 0) is 36.9 Å². The van der Waals surface area contributed by atoms with Crippen molar-refractivity contribution in [2.45, 2.75) is 83.7 Å². The summed E-state index contributed by atoms with van der Waals surface area (Å²) in [7, 11) is 0. The molecule has 3 atom stereocenters. The third-order valence-electron chi connectivity index (χ3n) is 8.71. The van der Waals surface area contributed by atoms with Crippen LogP contribution < -0.4 is 10.6 Å². The second-order valence-electron chi connectivity index (χ2n) is 14.1. The van der Waals surface area contributed by atoms with Gasteiger partial charge in [0.15, 0.2) is 0 Å². The SMILES string of the molecule is CC(C)(C)OC(=O)NC(C)(C)C(=O)NC(Cc1c[nH]c2ccccc12)C(=O)N1CCC(C(=O)OCc2ccccc2)CC1c1ccccc1. The minimum atomic E-state index is -1.39. The fourth-order valence-corrected chi connectivity index (χ4v) is 6.16. The number of hydrogen-bond donors (Lipinski definition) is 3. The quantitative estimate of drug-likeness (QED) is 0.172. The number of H-pyrrole nitrogens is 1. The average Bonchev–Trinajstić information content (AvgIpc) is 3.48. The lowest BCUT2D eigenvalue weighted by Crippen LogP contribution is -2.60. The lowest BCUT2D eigenvalue weighted by atomic mass is 9.86. The number of amides is 3. The van der Waals surface area contributed by atoms with E-state index >= 15 is 0 Å². The minimum Gasteiger partial charge on any atom is -0.461 e. The van der Waals surface area contributed by atoms with E-state index in [2.05, 4.69) is 15.6 Å². The molecule has 0 bridgehead atoms. The Balaban J connectivity index is 1.40. The van der Waals surface area contributed by atoms with Gasteiger partial charge in [-0.15, -0.1) is 0 Å². The first-order valence-electron chi connectivity index (χ1n) is 16.7. The Labute approximate surface area is 287 Å². The number of esters is 1. The molecule has 4 aromatic rings. The van der Waals surface area contributed by atoms with E-state index in [1.54, 1.807) is 39.5 Å². The van der Waals surface area contributed by atoms with Crippen molar-refractivity contribution < 1.29 is 28.7 Å². The number of alkyl carbamates (subject to hydrolysis) is 1. The van der Waals surface area contributed by atoms with Crippen LogP contribution in [0.15, 0.2) is 91.1 Å². The summed E-state index contributed by atoms with van der Waals surface area (Å²) in [5, 5.41) is 6.55. The molecule has 1 aromatic heterocycles. The Bertz CT molecular complexity index is 1760. The monoisotopic (exact) mass is 666 g/mol. The van der Waals surface area contributed by atoms with E-state index in [0.717, 1.165) is 27.6 Å². The molecule has 0 radical (unpaired) electrons. The van der Waals surface area contributed by atoms with Crippen LogP contribution in [0.25, 0.3) is 10.9 Å². The second-order valence-corrected chi connectivity index (χ2v) is 14.1. The third kappa shape index (κ3) is 9.07. The summed E-state index contributed by atoms with van der Waals surface area (Å²) in [4.78, 5) is 59.4. The van der Waals surface area contributed by atoms with Gasteiger partial charge in [-0.2, -0.15) is 0 Å². The molecule has 258 valence electrons. The zero-order valence-electron chi connectivity index (χ0n) is 28.8. The van der Waals surface area contributed by atoms with Crippen molar-refractivity contribution in [3.63, 3.8) is 0 Å². The zero-order valence-corrected chi connectivity index (χ0v) is 28.8. The van der Waals surface area contributed by atoms with Gasteiger partial charge in [-0.25, -0.2) is 4.79 Å². The topological polar surface area (TPSA) is 130 Å². The van der Waals surface area contributed by atoms with Gasteiger partial charge < -0.3 is 30.0 Å². The van der Waals surface area contributed by atoms with E-state index in [9.17, 15) is 19.2 Å². The van der Waals surface area contributed by atoms with Gasteiger partial charge in [0.2, 0.25) is 11.8 Å². The fourth-order valence-electron chi connectivity index (χ4n) is 6.16. The van der Waals surface area contributed by atoms with Crippen LogP contribution in [-0.4, -0.2) is 57.5 Å². The maximum Gasteiger partial charge on any atom is 0.408 e. The molecule has 1 aliphatic heterocycles. The van der Waals surface area contributed by atoms with Crippen molar-refractivity contribution >= 4 is 34.8 Å². The number of carbonyl (C=O) groups is 4. The number of rotatable bonds is 10. The van der Waals surface area contributed by atoms with Crippen molar-refractivity contribution in [1.29, 1.82) is 0 Å². The minimum absolute atomic E-state index is 0.181. The maximum atomic E-state index is 14.7. The fraction of sp³-hybridized carbons (Fsp3) is 0.385. The van der Waals surface area contributed by atoms with E-state index in [4.69, 9.17) is 9.47 Å². The number of aromatic amines is 1. The van der Waals surface area contributed by atoms with Crippen LogP contribution in [0.4, 0.5) is 4.79 Å². The second kappa shape index (κ2) is 15.0. The van der Waals surface area contributed by atoms with Gasteiger partial charge in [0.1, 0.15) is 23.8 Å². The van der Waals surface area contributed by atoms with Crippen LogP contribution >= 0.6 is 0 Å². The first-order valence-corrected chi connectivity index (χ1v) is 16.7. The van der Waals surface area contributed by atoms with Crippen molar-refractivity contribution in [2.75, 3.05) is 6.54 Å². The van der Waals surface area contributed by atoms with E-state index < -0.39 is 41.1 Å². The molecule has 1 aliphatic rings. The van der Waals surface area contributed by atoms with Crippen LogP contribution in [0.3, 0.4) is 0 Å². The van der Waals surface area contributed by atoms with Crippen LogP contribution in [0.2, 0.25) is 0 Å². The maximum absolute atomic E-state index is 14.7. The molecule has 1 fully saturated rings. The Morgan fingerprint density at radius 3 is 2.24 bits per heavy atom. The Hall–Kier alpha value is -5.12. The first-order chi connectivity index (χ1) is 23.3. The average molecular weight is 667 g/mol. The number of aromatic nitrogens is 1. The number of fused-ring (bicyclic) bond motifs is 1. The summed E-state index contributed by atoms with van der Waals surface area (Å²) in [6.45, 7) is 8.84. The number of nitrogens with zero attached hydrogens (tertiary/aromatic N) is 1. The summed E-state index contributed by atoms with van der Waals surface area (Å²) in [5.41, 5.74) is 1.43. The van der Waals surface area contributed by atoms with Crippen LogP contribution in [0, 0.1) is 5.92 Å². The number of hydrogen-bond acceptors (Lipinski definition) is 6. The molecule has 5 rings (SSSR count). The van der Waals surface area contributed by atoms with Crippen molar-refractivity contribution in [3.8, 4) is 0 Å². The molecule has 0 spiro atoms. The van der Waals surface area contributed by atoms with Crippen molar-refractivity contribution in [2.24, 2.45) is 5.92 Å². The molecule has 10 heteroatoms. The van der Waals surface area contributed by atoms with E-state index in [0.29, 0.717) is 19.4 Å². The molecule has 0 saturated carbocycles. The number of likely N-dealkylation sites (tertiary alicyclic amines) is 1. The molecule has 3 amide bonds.